The van der Waals surface area contributed by atoms with E-state index in [0.29, 0.717) is 17.4 Å². The summed E-state index contributed by atoms with van der Waals surface area (Å²) < 4.78 is 17.8. The Morgan fingerprint density at radius 3 is 2.93 bits per heavy atom. The monoisotopic (exact) mass is 412 g/mol. The van der Waals surface area contributed by atoms with Gasteiger partial charge >= 0.3 is 0 Å². The van der Waals surface area contributed by atoms with Gasteiger partial charge in [0.05, 0.1) is 30.0 Å². The van der Waals surface area contributed by atoms with Crippen molar-refractivity contribution in [1.29, 1.82) is 0 Å². The molecule has 152 valence electrons. The molecule has 6 nitrogen and oxygen atoms in total. The average Bonchev–Trinajstić information content (AvgIpc) is 3.39. The van der Waals surface area contributed by atoms with Gasteiger partial charge in [-0.3, -0.25) is 9.69 Å². The molecule has 0 aliphatic carbocycles. The maximum absolute atomic E-state index is 13.1. The van der Waals surface area contributed by atoms with Gasteiger partial charge in [-0.15, -0.1) is 0 Å². The third kappa shape index (κ3) is 4.68. The molecule has 1 aromatic heterocycles. The van der Waals surface area contributed by atoms with Crippen molar-refractivity contribution in [2.45, 2.75) is 25.9 Å². The maximum atomic E-state index is 13.1. The van der Waals surface area contributed by atoms with Crippen LogP contribution in [0.1, 0.15) is 18.4 Å². The molecule has 0 radical (unpaired) electrons. The Morgan fingerprint density at radius 1 is 1.28 bits per heavy atom. The lowest BCUT2D eigenvalue weighted by Gasteiger charge is -2.23. The minimum atomic E-state index is -0.131. The van der Waals surface area contributed by atoms with Gasteiger partial charge in [0.2, 0.25) is 0 Å². The molecule has 0 bridgehead atoms. The number of benzene rings is 2. The summed E-state index contributed by atoms with van der Waals surface area (Å²) in [5.41, 5.74) is 1.90. The van der Waals surface area contributed by atoms with Crippen molar-refractivity contribution >= 4 is 32.6 Å². The number of anilines is 1. The third-order valence-corrected chi connectivity index (χ3v) is 5.94. The van der Waals surface area contributed by atoms with Gasteiger partial charge in [0.15, 0.2) is 11.7 Å². The molecule has 2 heterocycles. The second-order valence-corrected chi connectivity index (χ2v) is 8.08. The van der Waals surface area contributed by atoms with Crippen molar-refractivity contribution < 1.29 is 19.0 Å². The second-order valence-electron chi connectivity index (χ2n) is 7.07. The summed E-state index contributed by atoms with van der Waals surface area (Å²) in [5, 5.41) is 0.654. The standard InChI is InChI=1S/C22H24N2O4S/c1-15-5-3-6-17(11-15)28-14-21(25)24(13-18-7-4-10-27-18)22-23-19-12-16(26-2)8-9-20(19)29-22/h3,5-6,8-9,11-12,18H,4,7,10,13-14H2,1-2H3. The lowest BCUT2D eigenvalue weighted by Crippen LogP contribution is -2.40. The van der Waals surface area contributed by atoms with Crippen LogP contribution in [-0.2, 0) is 9.53 Å². The topological polar surface area (TPSA) is 60.9 Å². The van der Waals surface area contributed by atoms with Gasteiger partial charge in [-0.25, -0.2) is 4.98 Å². The fourth-order valence-electron chi connectivity index (χ4n) is 3.34. The van der Waals surface area contributed by atoms with Crippen molar-refractivity contribution in [2.24, 2.45) is 0 Å². The number of carbonyl (C=O) groups excluding carboxylic acids is 1. The fraction of sp³-hybridized carbons (Fsp3) is 0.364. The van der Waals surface area contributed by atoms with Gasteiger partial charge in [0.25, 0.3) is 5.91 Å². The number of aryl methyl sites for hydroxylation is 1. The summed E-state index contributed by atoms with van der Waals surface area (Å²) in [6, 6.07) is 13.4. The number of hydrogen-bond acceptors (Lipinski definition) is 6. The van der Waals surface area contributed by atoms with Gasteiger partial charge in [-0.2, -0.15) is 0 Å². The van der Waals surface area contributed by atoms with E-state index in [2.05, 4.69) is 4.98 Å². The van der Waals surface area contributed by atoms with Gasteiger partial charge in [0, 0.05) is 12.7 Å². The van der Waals surface area contributed by atoms with E-state index in [1.165, 1.54) is 11.3 Å². The van der Waals surface area contributed by atoms with Crippen molar-refractivity contribution in [1.82, 2.24) is 4.98 Å². The van der Waals surface area contributed by atoms with Gasteiger partial charge in [0.1, 0.15) is 11.5 Å². The summed E-state index contributed by atoms with van der Waals surface area (Å²) in [6.07, 6.45) is 1.99. The Morgan fingerprint density at radius 2 is 2.17 bits per heavy atom. The Bertz CT molecular complexity index is 997. The van der Waals surface area contributed by atoms with Crippen LogP contribution in [0.5, 0.6) is 11.5 Å². The highest BCUT2D eigenvalue weighted by atomic mass is 32.1. The smallest absolute Gasteiger partial charge is 0.266 e. The molecule has 7 heteroatoms. The van der Waals surface area contributed by atoms with Crippen LogP contribution in [0.2, 0.25) is 0 Å². The number of fused-ring (bicyclic) bond motifs is 1. The molecule has 2 aromatic carbocycles. The van der Waals surface area contributed by atoms with E-state index in [1.807, 2.05) is 49.4 Å². The molecule has 0 spiro atoms. The SMILES string of the molecule is COc1ccc2sc(N(CC3CCCO3)C(=O)COc3cccc(C)c3)nc2c1. The number of carbonyl (C=O) groups is 1. The molecule has 1 amide bonds. The van der Waals surface area contributed by atoms with Crippen LogP contribution in [0.3, 0.4) is 0 Å². The molecule has 3 aromatic rings. The summed E-state index contributed by atoms with van der Waals surface area (Å²) in [4.78, 5) is 19.5. The largest absolute Gasteiger partial charge is 0.497 e. The van der Waals surface area contributed by atoms with Crippen molar-refractivity contribution in [2.75, 3.05) is 31.8 Å². The molecule has 0 N–H and O–H groups in total. The quantitative estimate of drug-likeness (QED) is 0.582. The predicted molar refractivity (Wildman–Crippen MR) is 114 cm³/mol. The molecule has 0 saturated carbocycles. The van der Waals surface area contributed by atoms with Crippen molar-refractivity contribution in [3.05, 3.63) is 48.0 Å². The van der Waals surface area contributed by atoms with Crippen LogP contribution in [-0.4, -0.2) is 43.9 Å². The number of aromatic nitrogens is 1. The minimum Gasteiger partial charge on any atom is -0.497 e. The average molecular weight is 413 g/mol. The number of nitrogens with zero attached hydrogens (tertiary/aromatic N) is 2. The number of methoxy groups -OCH3 is 1. The van der Waals surface area contributed by atoms with E-state index in [-0.39, 0.29) is 18.6 Å². The third-order valence-electron chi connectivity index (χ3n) is 4.88. The van der Waals surface area contributed by atoms with Gasteiger partial charge < -0.3 is 14.2 Å². The molecule has 4 rings (SSSR count). The molecule has 1 aliphatic rings. The van der Waals surface area contributed by atoms with Crippen LogP contribution >= 0.6 is 11.3 Å². The highest BCUT2D eigenvalue weighted by molar-refractivity contribution is 7.22. The van der Waals surface area contributed by atoms with Crippen LogP contribution in [0.25, 0.3) is 10.2 Å². The van der Waals surface area contributed by atoms with Gasteiger partial charge in [-0.1, -0.05) is 23.5 Å². The first-order chi connectivity index (χ1) is 14.1. The first kappa shape index (κ1) is 19.7. The Kier molecular flexibility index (Phi) is 5.97. The molecule has 1 fully saturated rings. The predicted octanol–water partition coefficient (Wildman–Crippen LogP) is 4.20. The number of thiazole rings is 1. The molecule has 1 aliphatic heterocycles. The van der Waals surface area contributed by atoms with Crippen LogP contribution < -0.4 is 14.4 Å². The molecule has 1 unspecified atom stereocenters. The first-order valence-corrected chi connectivity index (χ1v) is 10.5. The molecular weight excluding hydrogens is 388 g/mol. The molecular formula is C22H24N2O4S. The van der Waals surface area contributed by atoms with E-state index in [1.54, 1.807) is 12.0 Å². The van der Waals surface area contributed by atoms with Crippen molar-refractivity contribution in [3.63, 3.8) is 0 Å². The zero-order chi connectivity index (χ0) is 20.2. The van der Waals surface area contributed by atoms with E-state index in [9.17, 15) is 4.79 Å². The zero-order valence-electron chi connectivity index (χ0n) is 16.6. The minimum absolute atomic E-state index is 0.0273. The Hall–Kier alpha value is -2.64. The van der Waals surface area contributed by atoms with E-state index < -0.39 is 0 Å². The molecule has 29 heavy (non-hydrogen) atoms. The first-order valence-electron chi connectivity index (χ1n) is 9.68. The molecule has 1 atom stereocenters. The lowest BCUT2D eigenvalue weighted by atomic mass is 10.2. The highest BCUT2D eigenvalue weighted by Gasteiger charge is 2.26. The zero-order valence-corrected chi connectivity index (χ0v) is 17.4. The summed E-state index contributed by atoms with van der Waals surface area (Å²) >= 11 is 1.49. The summed E-state index contributed by atoms with van der Waals surface area (Å²) in [7, 11) is 1.63. The maximum Gasteiger partial charge on any atom is 0.266 e. The Balaban J connectivity index is 1.56. The van der Waals surface area contributed by atoms with Crippen molar-refractivity contribution in [3.8, 4) is 11.5 Å². The number of rotatable bonds is 7. The highest BCUT2D eigenvalue weighted by Crippen LogP contribution is 2.32. The number of hydrogen-bond donors (Lipinski definition) is 0. The normalized spacial score (nSPS) is 16.1. The van der Waals surface area contributed by atoms with Crippen LogP contribution in [0, 0.1) is 6.92 Å². The van der Waals surface area contributed by atoms with E-state index >= 15 is 0 Å². The summed E-state index contributed by atoms with van der Waals surface area (Å²) in [6.45, 7) is 3.17. The lowest BCUT2D eigenvalue weighted by molar-refractivity contribution is -0.120. The van der Waals surface area contributed by atoms with Crippen LogP contribution in [0.15, 0.2) is 42.5 Å². The van der Waals surface area contributed by atoms with E-state index in [0.717, 1.165) is 41.0 Å². The second kappa shape index (κ2) is 8.80. The summed E-state index contributed by atoms with van der Waals surface area (Å²) in [5.74, 6) is 1.30. The van der Waals surface area contributed by atoms with Crippen LogP contribution in [0.4, 0.5) is 5.13 Å². The fourth-order valence-corrected chi connectivity index (χ4v) is 4.32. The number of amides is 1. The van der Waals surface area contributed by atoms with Gasteiger partial charge in [-0.05, 0) is 49.6 Å². The molecule has 1 saturated heterocycles. The van der Waals surface area contributed by atoms with E-state index in [4.69, 9.17) is 14.2 Å². The Labute approximate surface area is 174 Å². The number of ether oxygens (including phenoxy) is 3.